The minimum absolute atomic E-state index is 0.0743. The second-order valence-corrected chi connectivity index (χ2v) is 6.73. The van der Waals surface area contributed by atoms with Crippen molar-refractivity contribution in [1.29, 1.82) is 0 Å². The van der Waals surface area contributed by atoms with Crippen LogP contribution in [0.15, 0.2) is 54.6 Å². The van der Waals surface area contributed by atoms with Crippen molar-refractivity contribution in [3.8, 4) is 0 Å². The van der Waals surface area contributed by atoms with Gasteiger partial charge in [-0.1, -0.05) is 42.5 Å². The molecule has 0 saturated carbocycles. The molecule has 3 rings (SSSR count). The molecule has 1 saturated heterocycles. The Hall–Kier alpha value is -2.33. The first kappa shape index (κ1) is 17.5. The Morgan fingerprint density at radius 3 is 2.52 bits per heavy atom. The van der Waals surface area contributed by atoms with Crippen molar-refractivity contribution in [1.82, 2.24) is 5.32 Å². The van der Waals surface area contributed by atoms with Gasteiger partial charge in [-0.15, -0.1) is 0 Å². The average Bonchev–Trinajstić information content (AvgIpc) is 2.67. The third-order valence-electron chi connectivity index (χ3n) is 4.71. The van der Waals surface area contributed by atoms with E-state index in [0.717, 1.165) is 36.3 Å². The van der Waals surface area contributed by atoms with Crippen LogP contribution in [-0.4, -0.2) is 26.6 Å². The Morgan fingerprint density at radius 2 is 1.84 bits per heavy atom. The number of amides is 1. The standard InChI is InChI=1S/C21H26N2O2/c1-23(2)18-12-10-16(11-13-18)15-22-21(24)19-9-6-14-25-20(19)17-7-4-3-5-8-17/h3-5,7-8,10-13,19-20H,6,9,14-15H2,1-2H3,(H,22,24)/t19-,20+/m1/s1. The Labute approximate surface area is 149 Å². The van der Waals surface area contributed by atoms with E-state index in [1.54, 1.807) is 0 Å². The van der Waals surface area contributed by atoms with Gasteiger partial charge >= 0.3 is 0 Å². The lowest BCUT2D eigenvalue weighted by Crippen LogP contribution is -2.37. The first-order chi connectivity index (χ1) is 12.1. The van der Waals surface area contributed by atoms with Gasteiger partial charge in [-0.3, -0.25) is 4.79 Å². The van der Waals surface area contributed by atoms with Crippen molar-refractivity contribution in [3.63, 3.8) is 0 Å². The summed E-state index contributed by atoms with van der Waals surface area (Å²) < 4.78 is 5.93. The minimum Gasteiger partial charge on any atom is -0.378 e. The molecule has 1 fully saturated rings. The van der Waals surface area contributed by atoms with Crippen LogP contribution in [0.1, 0.15) is 30.1 Å². The highest BCUT2D eigenvalue weighted by molar-refractivity contribution is 5.79. The number of hydrogen-bond donors (Lipinski definition) is 1. The summed E-state index contributed by atoms with van der Waals surface area (Å²) in [5, 5.41) is 3.08. The number of hydrogen-bond acceptors (Lipinski definition) is 3. The number of benzene rings is 2. The number of rotatable bonds is 5. The van der Waals surface area contributed by atoms with E-state index < -0.39 is 0 Å². The molecule has 132 valence electrons. The summed E-state index contributed by atoms with van der Waals surface area (Å²) >= 11 is 0. The van der Waals surface area contributed by atoms with Crippen LogP contribution in [-0.2, 0) is 16.1 Å². The molecule has 1 aliphatic heterocycles. The van der Waals surface area contributed by atoms with Crippen LogP contribution in [0.25, 0.3) is 0 Å². The summed E-state index contributed by atoms with van der Waals surface area (Å²) in [5.41, 5.74) is 3.34. The Morgan fingerprint density at radius 1 is 1.12 bits per heavy atom. The average molecular weight is 338 g/mol. The fourth-order valence-corrected chi connectivity index (χ4v) is 3.25. The van der Waals surface area contributed by atoms with Gasteiger partial charge in [-0.05, 0) is 36.1 Å². The second-order valence-electron chi connectivity index (χ2n) is 6.73. The Kier molecular flexibility index (Phi) is 5.71. The van der Waals surface area contributed by atoms with E-state index in [1.807, 2.05) is 44.4 Å². The van der Waals surface area contributed by atoms with Gasteiger partial charge in [-0.2, -0.15) is 0 Å². The number of ether oxygens (including phenoxy) is 1. The molecule has 0 radical (unpaired) electrons. The highest BCUT2D eigenvalue weighted by Crippen LogP contribution is 2.33. The topological polar surface area (TPSA) is 41.6 Å². The van der Waals surface area contributed by atoms with Crippen LogP contribution < -0.4 is 10.2 Å². The smallest absolute Gasteiger partial charge is 0.226 e. The molecule has 2 aromatic rings. The number of nitrogens with zero attached hydrogens (tertiary/aromatic N) is 1. The van der Waals surface area contributed by atoms with E-state index in [1.165, 1.54) is 0 Å². The van der Waals surface area contributed by atoms with Gasteiger partial charge in [0.2, 0.25) is 5.91 Å². The zero-order valence-corrected chi connectivity index (χ0v) is 14.9. The number of carbonyl (C=O) groups is 1. The molecule has 0 aromatic heterocycles. The molecular weight excluding hydrogens is 312 g/mol. The fraction of sp³-hybridized carbons (Fsp3) is 0.381. The molecule has 1 N–H and O–H groups in total. The maximum Gasteiger partial charge on any atom is 0.226 e. The SMILES string of the molecule is CN(C)c1ccc(CNC(=O)[C@@H]2CCCO[C@H]2c2ccccc2)cc1. The Balaban J connectivity index is 1.63. The predicted molar refractivity (Wildman–Crippen MR) is 100 cm³/mol. The summed E-state index contributed by atoms with van der Waals surface area (Å²) in [6, 6.07) is 18.3. The molecule has 0 spiro atoms. The molecule has 0 aliphatic carbocycles. The van der Waals surface area contributed by atoms with Crippen molar-refractivity contribution in [3.05, 3.63) is 65.7 Å². The molecule has 2 aromatic carbocycles. The third-order valence-corrected chi connectivity index (χ3v) is 4.71. The first-order valence-electron chi connectivity index (χ1n) is 8.85. The summed E-state index contributed by atoms with van der Waals surface area (Å²) in [5.74, 6) is -0.0533. The first-order valence-corrected chi connectivity index (χ1v) is 8.85. The summed E-state index contributed by atoms with van der Waals surface area (Å²) in [4.78, 5) is 14.8. The number of anilines is 1. The van der Waals surface area contributed by atoms with E-state index in [9.17, 15) is 4.79 Å². The quantitative estimate of drug-likeness (QED) is 0.907. The van der Waals surface area contributed by atoms with Crippen LogP contribution in [0, 0.1) is 5.92 Å². The zero-order valence-electron chi connectivity index (χ0n) is 14.9. The van der Waals surface area contributed by atoms with Crippen LogP contribution in [0.5, 0.6) is 0 Å². The molecule has 4 heteroatoms. The zero-order chi connectivity index (χ0) is 17.6. The molecule has 0 unspecified atom stereocenters. The van der Waals surface area contributed by atoms with E-state index in [-0.39, 0.29) is 17.9 Å². The van der Waals surface area contributed by atoms with Gasteiger partial charge in [0.05, 0.1) is 12.0 Å². The van der Waals surface area contributed by atoms with Gasteiger partial charge in [0, 0.05) is 32.9 Å². The summed E-state index contributed by atoms with van der Waals surface area (Å²) in [6.07, 6.45) is 1.65. The minimum atomic E-state index is -0.147. The lowest BCUT2D eigenvalue weighted by Gasteiger charge is -2.31. The maximum absolute atomic E-state index is 12.7. The largest absolute Gasteiger partial charge is 0.378 e. The molecule has 1 aliphatic rings. The van der Waals surface area contributed by atoms with Crippen LogP contribution in [0.2, 0.25) is 0 Å². The Bertz CT molecular complexity index is 683. The molecule has 4 nitrogen and oxygen atoms in total. The highest BCUT2D eigenvalue weighted by atomic mass is 16.5. The van der Waals surface area contributed by atoms with Crippen LogP contribution in [0.3, 0.4) is 0 Å². The fourth-order valence-electron chi connectivity index (χ4n) is 3.25. The normalized spacial score (nSPS) is 20.1. The monoisotopic (exact) mass is 338 g/mol. The highest BCUT2D eigenvalue weighted by Gasteiger charge is 2.32. The predicted octanol–water partition coefficient (Wildman–Crippen LogP) is 3.54. The lowest BCUT2D eigenvalue weighted by atomic mass is 9.88. The lowest BCUT2D eigenvalue weighted by molar-refractivity contribution is -0.134. The van der Waals surface area contributed by atoms with Crippen molar-refractivity contribution in [2.45, 2.75) is 25.5 Å². The van der Waals surface area contributed by atoms with Gasteiger partial charge in [-0.25, -0.2) is 0 Å². The number of carbonyl (C=O) groups excluding carboxylic acids is 1. The summed E-state index contributed by atoms with van der Waals surface area (Å²) in [7, 11) is 4.03. The van der Waals surface area contributed by atoms with Crippen molar-refractivity contribution in [2.75, 3.05) is 25.6 Å². The molecular formula is C21H26N2O2. The van der Waals surface area contributed by atoms with Crippen LogP contribution >= 0.6 is 0 Å². The van der Waals surface area contributed by atoms with E-state index in [4.69, 9.17) is 4.74 Å². The molecule has 1 heterocycles. The van der Waals surface area contributed by atoms with E-state index in [0.29, 0.717) is 6.54 Å². The van der Waals surface area contributed by atoms with Gasteiger partial charge in [0.25, 0.3) is 0 Å². The number of nitrogens with one attached hydrogen (secondary N) is 1. The van der Waals surface area contributed by atoms with Crippen molar-refractivity contribution in [2.24, 2.45) is 5.92 Å². The molecule has 0 bridgehead atoms. The second kappa shape index (κ2) is 8.17. The summed E-state index contributed by atoms with van der Waals surface area (Å²) in [6.45, 7) is 1.26. The molecule has 1 amide bonds. The van der Waals surface area contributed by atoms with Crippen molar-refractivity contribution < 1.29 is 9.53 Å². The van der Waals surface area contributed by atoms with Gasteiger partial charge in [0.15, 0.2) is 0 Å². The van der Waals surface area contributed by atoms with E-state index >= 15 is 0 Å². The third kappa shape index (κ3) is 4.40. The molecule has 2 atom stereocenters. The molecule has 25 heavy (non-hydrogen) atoms. The van der Waals surface area contributed by atoms with Gasteiger partial charge in [0.1, 0.15) is 0 Å². The maximum atomic E-state index is 12.7. The van der Waals surface area contributed by atoms with E-state index in [2.05, 4.69) is 34.5 Å². The van der Waals surface area contributed by atoms with Crippen LogP contribution in [0.4, 0.5) is 5.69 Å². The van der Waals surface area contributed by atoms with Gasteiger partial charge < -0.3 is 15.0 Å². The van der Waals surface area contributed by atoms with Crippen molar-refractivity contribution >= 4 is 11.6 Å².